The van der Waals surface area contributed by atoms with E-state index in [1.54, 1.807) is 32.0 Å². The Morgan fingerprint density at radius 1 is 1.12 bits per heavy atom. The number of anilines is 1. The van der Waals surface area contributed by atoms with Gasteiger partial charge in [0.25, 0.3) is 5.69 Å². The third-order valence-electron chi connectivity index (χ3n) is 3.81. The summed E-state index contributed by atoms with van der Waals surface area (Å²) in [7, 11) is -3.98. The minimum Gasteiger partial charge on any atom is -0.399 e. The number of nitrogens with zero attached hydrogens (tertiary/aromatic N) is 1. The lowest BCUT2D eigenvalue weighted by atomic mass is 10.1. The van der Waals surface area contributed by atoms with Crippen LogP contribution in [-0.2, 0) is 16.4 Å². The van der Waals surface area contributed by atoms with Crippen molar-refractivity contribution in [2.45, 2.75) is 25.2 Å². The van der Waals surface area contributed by atoms with Crippen LogP contribution in [0.2, 0.25) is 0 Å². The van der Waals surface area contributed by atoms with E-state index in [0.29, 0.717) is 23.2 Å². The summed E-state index contributed by atoms with van der Waals surface area (Å²) in [6, 6.07) is 9.85. The highest BCUT2D eigenvalue weighted by Gasteiger charge is 2.28. The zero-order chi connectivity index (χ0) is 17.9. The van der Waals surface area contributed by atoms with Gasteiger partial charge in [-0.15, -0.1) is 12.4 Å². The van der Waals surface area contributed by atoms with E-state index in [2.05, 4.69) is 4.72 Å². The Hall–Kier alpha value is -2.16. The van der Waals surface area contributed by atoms with E-state index in [4.69, 9.17) is 5.73 Å². The Morgan fingerprint density at radius 2 is 1.72 bits per heavy atom. The molecule has 0 spiro atoms. The lowest BCUT2D eigenvalue weighted by Gasteiger charge is -2.11. The zero-order valence-corrected chi connectivity index (χ0v) is 15.5. The number of hydrogen-bond acceptors (Lipinski definition) is 5. The van der Waals surface area contributed by atoms with Crippen molar-refractivity contribution in [1.29, 1.82) is 0 Å². The average Bonchev–Trinajstić information content (AvgIpc) is 2.51. The number of nitrogens with two attached hydrogens (primary N) is 1. The van der Waals surface area contributed by atoms with E-state index in [1.807, 2.05) is 12.1 Å². The van der Waals surface area contributed by atoms with Gasteiger partial charge in [0.05, 0.1) is 4.92 Å². The predicted molar refractivity (Wildman–Crippen MR) is 99.6 cm³/mol. The summed E-state index contributed by atoms with van der Waals surface area (Å²) in [6.07, 6.45) is 0.457. The largest absolute Gasteiger partial charge is 0.399 e. The molecule has 2 rings (SSSR count). The predicted octanol–water partition coefficient (Wildman–Crippen LogP) is 2.74. The standard InChI is InChI=1S/C16H19N3O4S.ClH/c1-11-3-8-15(19(20)21)16(12(11)2)24(22,23)18-10-9-13-4-6-14(17)7-5-13;/h3-8,18H,9-10,17H2,1-2H3;1H. The van der Waals surface area contributed by atoms with E-state index >= 15 is 0 Å². The Labute approximate surface area is 152 Å². The molecule has 0 bridgehead atoms. The van der Waals surface area contributed by atoms with Crippen LogP contribution in [-0.4, -0.2) is 19.9 Å². The Kier molecular flexibility index (Phi) is 6.92. The van der Waals surface area contributed by atoms with Crippen LogP contribution in [0.1, 0.15) is 16.7 Å². The van der Waals surface area contributed by atoms with E-state index in [0.717, 1.165) is 5.56 Å². The van der Waals surface area contributed by atoms with Gasteiger partial charge in [-0.25, -0.2) is 13.1 Å². The van der Waals surface area contributed by atoms with Crippen molar-refractivity contribution in [2.75, 3.05) is 12.3 Å². The van der Waals surface area contributed by atoms with Crippen LogP contribution in [0.5, 0.6) is 0 Å². The maximum absolute atomic E-state index is 12.5. The summed E-state index contributed by atoms with van der Waals surface area (Å²) in [4.78, 5) is 10.2. The van der Waals surface area contributed by atoms with E-state index in [1.165, 1.54) is 6.07 Å². The van der Waals surface area contributed by atoms with Crippen molar-refractivity contribution in [2.24, 2.45) is 0 Å². The molecule has 0 amide bonds. The number of benzene rings is 2. The number of aryl methyl sites for hydroxylation is 1. The fourth-order valence-electron chi connectivity index (χ4n) is 2.34. The number of halogens is 1. The molecule has 0 aromatic heterocycles. The minimum atomic E-state index is -3.98. The van der Waals surface area contributed by atoms with Gasteiger partial charge in [-0.1, -0.05) is 18.2 Å². The first-order valence-corrected chi connectivity index (χ1v) is 8.79. The van der Waals surface area contributed by atoms with Gasteiger partial charge in [0.2, 0.25) is 10.0 Å². The van der Waals surface area contributed by atoms with Gasteiger partial charge in [0, 0.05) is 18.3 Å². The van der Waals surface area contributed by atoms with E-state index in [-0.39, 0.29) is 23.8 Å². The molecule has 136 valence electrons. The topological polar surface area (TPSA) is 115 Å². The summed E-state index contributed by atoms with van der Waals surface area (Å²) >= 11 is 0. The first-order valence-electron chi connectivity index (χ1n) is 7.31. The van der Waals surface area contributed by atoms with Gasteiger partial charge in [0.1, 0.15) is 0 Å². The summed E-state index contributed by atoms with van der Waals surface area (Å²) in [5, 5.41) is 11.2. The second-order valence-electron chi connectivity index (χ2n) is 5.50. The van der Waals surface area contributed by atoms with E-state index in [9.17, 15) is 18.5 Å². The van der Waals surface area contributed by atoms with Crippen LogP contribution in [0.4, 0.5) is 11.4 Å². The third-order valence-corrected chi connectivity index (χ3v) is 5.44. The molecule has 0 aliphatic rings. The molecular weight excluding hydrogens is 366 g/mol. The van der Waals surface area contributed by atoms with Crippen molar-refractivity contribution >= 4 is 33.8 Å². The smallest absolute Gasteiger partial charge is 0.289 e. The second-order valence-corrected chi connectivity index (χ2v) is 7.21. The molecule has 0 aliphatic heterocycles. The molecule has 0 aliphatic carbocycles. The van der Waals surface area contributed by atoms with Gasteiger partial charge in [-0.05, 0) is 49.1 Å². The normalized spacial score (nSPS) is 11.0. The van der Waals surface area contributed by atoms with Gasteiger partial charge >= 0.3 is 0 Å². The fraction of sp³-hybridized carbons (Fsp3) is 0.250. The van der Waals surface area contributed by atoms with Crippen LogP contribution in [0.3, 0.4) is 0 Å². The molecule has 0 radical (unpaired) electrons. The Balaban J connectivity index is 0.00000312. The second kappa shape index (κ2) is 8.28. The Bertz CT molecular complexity index is 868. The highest BCUT2D eigenvalue weighted by Crippen LogP contribution is 2.29. The van der Waals surface area contributed by atoms with Gasteiger partial charge in [-0.3, -0.25) is 10.1 Å². The maximum Gasteiger partial charge on any atom is 0.289 e. The molecule has 2 aromatic carbocycles. The summed E-state index contributed by atoms with van der Waals surface area (Å²) < 4.78 is 27.5. The molecule has 9 heteroatoms. The molecule has 0 fully saturated rings. The van der Waals surface area contributed by atoms with Crippen molar-refractivity contribution in [3.8, 4) is 0 Å². The highest BCUT2D eigenvalue weighted by atomic mass is 35.5. The van der Waals surface area contributed by atoms with Crippen molar-refractivity contribution < 1.29 is 13.3 Å². The van der Waals surface area contributed by atoms with Crippen LogP contribution in [0, 0.1) is 24.0 Å². The molecule has 0 heterocycles. The van der Waals surface area contributed by atoms with Crippen LogP contribution < -0.4 is 10.5 Å². The first-order chi connectivity index (χ1) is 11.2. The third kappa shape index (κ3) is 4.91. The Morgan fingerprint density at radius 3 is 2.28 bits per heavy atom. The summed E-state index contributed by atoms with van der Waals surface area (Å²) in [5.41, 5.74) is 7.79. The number of nitro benzene ring substituents is 1. The zero-order valence-electron chi connectivity index (χ0n) is 13.9. The van der Waals surface area contributed by atoms with Crippen molar-refractivity contribution in [1.82, 2.24) is 4.72 Å². The molecule has 7 nitrogen and oxygen atoms in total. The lowest BCUT2D eigenvalue weighted by molar-refractivity contribution is -0.387. The SMILES string of the molecule is Cc1ccc([N+](=O)[O-])c(S(=O)(=O)NCCc2ccc(N)cc2)c1C.Cl. The first kappa shape index (κ1) is 20.9. The van der Waals surface area contributed by atoms with E-state index < -0.39 is 20.6 Å². The molecule has 0 atom stereocenters. The van der Waals surface area contributed by atoms with Gasteiger partial charge < -0.3 is 5.73 Å². The van der Waals surface area contributed by atoms with Crippen LogP contribution >= 0.6 is 12.4 Å². The molecular formula is C16H20ClN3O4S. The number of hydrogen-bond donors (Lipinski definition) is 2. The summed E-state index contributed by atoms with van der Waals surface area (Å²) in [6.45, 7) is 3.42. The minimum absolute atomic E-state index is 0. The molecule has 3 N–H and O–H groups in total. The molecule has 2 aromatic rings. The lowest BCUT2D eigenvalue weighted by Crippen LogP contribution is -2.27. The van der Waals surface area contributed by atoms with Crippen LogP contribution in [0.15, 0.2) is 41.3 Å². The van der Waals surface area contributed by atoms with Crippen molar-refractivity contribution in [3.05, 3.63) is 63.2 Å². The van der Waals surface area contributed by atoms with Crippen LogP contribution in [0.25, 0.3) is 0 Å². The maximum atomic E-state index is 12.5. The molecule has 0 saturated heterocycles. The number of rotatable bonds is 6. The summed E-state index contributed by atoms with van der Waals surface area (Å²) in [5.74, 6) is 0. The number of nitro groups is 1. The molecule has 0 unspecified atom stereocenters. The fourth-order valence-corrected chi connectivity index (χ4v) is 3.84. The molecule has 25 heavy (non-hydrogen) atoms. The highest BCUT2D eigenvalue weighted by molar-refractivity contribution is 7.89. The number of nitrogen functional groups attached to an aromatic ring is 1. The quantitative estimate of drug-likeness (QED) is 0.450. The molecule has 0 saturated carbocycles. The van der Waals surface area contributed by atoms with Gasteiger partial charge in [0.15, 0.2) is 4.90 Å². The average molecular weight is 386 g/mol. The van der Waals surface area contributed by atoms with Crippen molar-refractivity contribution in [3.63, 3.8) is 0 Å². The number of nitrogens with one attached hydrogen (secondary N) is 1. The van der Waals surface area contributed by atoms with Gasteiger partial charge in [-0.2, -0.15) is 0 Å². The monoisotopic (exact) mass is 385 g/mol. The number of sulfonamides is 1.